The van der Waals surface area contributed by atoms with Crippen molar-refractivity contribution >= 4 is 34.9 Å². The molecular weight excluding hydrogens is 567 g/mol. The van der Waals surface area contributed by atoms with Gasteiger partial charge in [-0.3, -0.25) is 4.98 Å². The summed E-state index contributed by atoms with van der Waals surface area (Å²) < 4.78 is 0. The molecule has 0 saturated carbocycles. The van der Waals surface area contributed by atoms with Crippen LogP contribution in [0.15, 0.2) is 146 Å². The van der Waals surface area contributed by atoms with Crippen LogP contribution in [0.5, 0.6) is 0 Å². The van der Waals surface area contributed by atoms with Gasteiger partial charge in [-0.2, -0.15) is 0 Å². The Hall–Kier alpha value is -5.53. The Kier molecular flexibility index (Phi) is 8.04. The maximum atomic E-state index is 4.36. The van der Waals surface area contributed by atoms with Crippen LogP contribution < -0.4 is 0 Å². The van der Waals surface area contributed by atoms with E-state index in [-0.39, 0.29) is 0 Å². The average molecular weight is 604 g/mol. The van der Waals surface area contributed by atoms with Crippen molar-refractivity contribution in [1.29, 1.82) is 0 Å². The molecule has 0 aliphatic heterocycles. The standard InChI is InChI=1S/C32H26.C14H11N/c1-3-9-23(10-4-1)29-19-27-15-7-13-25(31(27)21-29)17-18-26-14-8-16-28-20-30(22-32(26)28)24-11-5-2-6-12-24;1-2-5-11(6-3-1)13-9-12-7-4-8-15-14(12)10-13/h1-16,21-22H,17-20H2;1-8,10H,9H2. The zero-order valence-corrected chi connectivity index (χ0v) is 26.6. The zero-order chi connectivity index (χ0) is 31.4. The Morgan fingerprint density at radius 2 is 0.809 bits per heavy atom. The van der Waals surface area contributed by atoms with Crippen LogP contribution in [0.2, 0.25) is 0 Å². The summed E-state index contributed by atoms with van der Waals surface area (Å²) in [6, 6.07) is 49.9. The van der Waals surface area contributed by atoms with Crippen molar-refractivity contribution < 1.29 is 0 Å². The molecule has 1 heteroatoms. The number of allylic oxidation sites excluding steroid dienone is 3. The van der Waals surface area contributed by atoms with Crippen LogP contribution in [0.25, 0.3) is 34.9 Å². The summed E-state index contributed by atoms with van der Waals surface area (Å²) >= 11 is 0. The average Bonchev–Trinajstić information content (AvgIpc) is 3.89. The number of benzene rings is 5. The number of aromatic nitrogens is 1. The Bertz CT molecular complexity index is 2030. The van der Waals surface area contributed by atoms with Crippen molar-refractivity contribution in [2.45, 2.75) is 32.1 Å². The zero-order valence-electron chi connectivity index (χ0n) is 26.6. The Morgan fingerprint density at radius 1 is 0.383 bits per heavy atom. The first-order valence-electron chi connectivity index (χ1n) is 16.7. The molecule has 0 radical (unpaired) electrons. The topological polar surface area (TPSA) is 12.9 Å². The van der Waals surface area contributed by atoms with Crippen molar-refractivity contribution in [2.24, 2.45) is 0 Å². The van der Waals surface area contributed by atoms with E-state index in [1.165, 1.54) is 72.4 Å². The molecule has 0 saturated heterocycles. The van der Waals surface area contributed by atoms with Crippen LogP contribution in [-0.4, -0.2) is 4.98 Å². The third-order valence-corrected chi connectivity index (χ3v) is 9.69. The van der Waals surface area contributed by atoms with Gasteiger partial charge in [0, 0.05) is 12.6 Å². The van der Waals surface area contributed by atoms with Crippen molar-refractivity contribution in [2.75, 3.05) is 0 Å². The number of fused-ring (bicyclic) bond motifs is 3. The first-order chi connectivity index (χ1) is 23.3. The summed E-state index contributed by atoms with van der Waals surface area (Å²) in [5.41, 5.74) is 19.4. The van der Waals surface area contributed by atoms with Crippen molar-refractivity contribution in [3.63, 3.8) is 0 Å². The number of hydrogen-bond acceptors (Lipinski definition) is 1. The molecule has 226 valence electrons. The van der Waals surface area contributed by atoms with Gasteiger partial charge in [0.25, 0.3) is 0 Å². The summed E-state index contributed by atoms with van der Waals surface area (Å²) in [5, 5.41) is 0. The monoisotopic (exact) mass is 603 g/mol. The van der Waals surface area contributed by atoms with E-state index in [9.17, 15) is 0 Å². The normalized spacial score (nSPS) is 13.8. The van der Waals surface area contributed by atoms with E-state index in [2.05, 4.69) is 151 Å². The summed E-state index contributed by atoms with van der Waals surface area (Å²) in [5.74, 6) is 0. The number of pyridine rings is 1. The maximum Gasteiger partial charge on any atom is 0.0668 e. The van der Waals surface area contributed by atoms with Crippen LogP contribution in [0, 0.1) is 0 Å². The molecule has 5 aromatic carbocycles. The third kappa shape index (κ3) is 6.18. The fourth-order valence-corrected chi connectivity index (χ4v) is 7.24. The predicted octanol–water partition coefficient (Wildman–Crippen LogP) is 10.8. The summed E-state index contributed by atoms with van der Waals surface area (Å²) in [7, 11) is 0. The maximum absolute atomic E-state index is 4.36. The molecule has 0 atom stereocenters. The van der Waals surface area contributed by atoms with Crippen LogP contribution in [-0.2, 0) is 32.1 Å². The first kappa shape index (κ1) is 28.9. The molecular formula is C46H37N. The van der Waals surface area contributed by atoms with Gasteiger partial charge in [-0.15, -0.1) is 0 Å². The fraction of sp³-hybridized carbons (Fsp3) is 0.109. The largest absolute Gasteiger partial charge is 0.257 e. The quantitative estimate of drug-likeness (QED) is 0.185. The Labute approximate surface area is 278 Å². The number of hydrogen-bond donors (Lipinski definition) is 0. The van der Waals surface area contributed by atoms with Crippen LogP contribution in [0.1, 0.15) is 61.3 Å². The van der Waals surface area contributed by atoms with E-state index in [4.69, 9.17) is 0 Å². The van der Waals surface area contributed by atoms with Crippen molar-refractivity contribution in [1.82, 2.24) is 4.98 Å². The molecule has 0 bridgehead atoms. The molecule has 3 aliphatic rings. The lowest BCUT2D eigenvalue weighted by atomic mass is 9.94. The minimum Gasteiger partial charge on any atom is -0.257 e. The molecule has 0 unspecified atom stereocenters. The molecule has 9 rings (SSSR count). The smallest absolute Gasteiger partial charge is 0.0668 e. The van der Waals surface area contributed by atoms with E-state index in [1.54, 1.807) is 0 Å². The molecule has 47 heavy (non-hydrogen) atoms. The fourth-order valence-electron chi connectivity index (χ4n) is 7.24. The molecule has 1 heterocycles. The molecule has 1 nitrogen and oxygen atoms in total. The SMILES string of the molecule is C1=C(c2ccccc2)Cc2cccc(CCc3cccc4c3C=C(c3ccccc3)C4)c21.C1=C(c2ccccc2)Cc2cccnc21. The highest BCUT2D eigenvalue weighted by atomic mass is 14.7. The van der Waals surface area contributed by atoms with Gasteiger partial charge < -0.3 is 0 Å². The Morgan fingerprint density at radius 3 is 1.28 bits per heavy atom. The van der Waals surface area contributed by atoms with Gasteiger partial charge in [0.15, 0.2) is 0 Å². The summed E-state index contributed by atoms with van der Waals surface area (Å²) in [6.07, 6.45) is 14.1. The molecule has 1 aromatic heterocycles. The lowest BCUT2D eigenvalue weighted by molar-refractivity contribution is 0.950. The van der Waals surface area contributed by atoms with Crippen LogP contribution in [0.4, 0.5) is 0 Å². The van der Waals surface area contributed by atoms with Gasteiger partial charge in [0.05, 0.1) is 5.69 Å². The lowest BCUT2D eigenvalue weighted by Gasteiger charge is -2.10. The molecule has 0 amide bonds. The first-order valence-corrected chi connectivity index (χ1v) is 16.7. The highest BCUT2D eigenvalue weighted by Gasteiger charge is 2.19. The van der Waals surface area contributed by atoms with E-state index < -0.39 is 0 Å². The van der Waals surface area contributed by atoms with Gasteiger partial charge in [-0.05, 0) is 110 Å². The highest BCUT2D eigenvalue weighted by molar-refractivity contribution is 5.91. The van der Waals surface area contributed by atoms with E-state index in [1.807, 2.05) is 18.3 Å². The molecule has 0 spiro atoms. The number of rotatable bonds is 6. The number of aryl methyl sites for hydroxylation is 2. The van der Waals surface area contributed by atoms with Crippen molar-refractivity contribution in [3.8, 4) is 0 Å². The minimum atomic E-state index is 1.01. The van der Waals surface area contributed by atoms with Gasteiger partial charge in [-0.25, -0.2) is 0 Å². The van der Waals surface area contributed by atoms with Crippen LogP contribution in [0.3, 0.4) is 0 Å². The van der Waals surface area contributed by atoms with E-state index >= 15 is 0 Å². The second-order valence-electron chi connectivity index (χ2n) is 12.7. The van der Waals surface area contributed by atoms with Gasteiger partial charge in [0.2, 0.25) is 0 Å². The van der Waals surface area contributed by atoms with Gasteiger partial charge >= 0.3 is 0 Å². The molecule has 0 N–H and O–H groups in total. The Balaban J connectivity index is 0.000000180. The summed E-state index contributed by atoms with van der Waals surface area (Å²) in [6.45, 7) is 0. The third-order valence-electron chi connectivity index (χ3n) is 9.69. The number of nitrogens with zero attached hydrogens (tertiary/aromatic N) is 1. The lowest BCUT2D eigenvalue weighted by Crippen LogP contribution is -1.98. The second-order valence-corrected chi connectivity index (χ2v) is 12.7. The van der Waals surface area contributed by atoms with E-state index in [0.29, 0.717) is 0 Å². The second kappa shape index (κ2) is 13.1. The molecule has 3 aliphatic carbocycles. The van der Waals surface area contributed by atoms with Crippen molar-refractivity contribution in [3.05, 3.63) is 207 Å². The predicted molar refractivity (Wildman–Crippen MR) is 199 cm³/mol. The van der Waals surface area contributed by atoms with Gasteiger partial charge in [0.1, 0.15) is 0 Å². The molecule has 0 fully saturated rings. The highest BCUT2D eigenvalue weighted by Crippen LogP contribution is 2.36. The molecule has 6 aromatic rings. The van der Waals surface area contributed by atoms with Crippen LogP contribution >= 0.6 is 0 Å². The minimum absolute atomic E-state index is 1.01. The van der Waals surface area contributed by atoms with E-state index in [0.717, 1.165) is 37.8 Å². The summed E-state index contributed by atoms with van der Waals surface area (Å²) in [4.78, 5) is 4.36. The van der Waals surface area contributed by atoms with Gasteiger partial charge in [-0.1, -0.05) is 146 Å².